The van der Waals surface area contributed by atoms with Crippen molar-refractivity contribution in [1.82, 2.24) is 15.2 Å². The van der Waals surface area contributed by atoms with Gasteiger partial charge in [0.1, 0.15) is 5.75 Å². The van der Waals surface area contributed by atoms with Gasteiger partial charge >= 0.3 is 6.03 Å². The second-order valence-electron chi connectivity index (χ2n) is 6.95. The topological polar surface area (TPSA) is 102 Å². The van der Waals surface area contributed by atoms with Crippen LogP contribution in [0.2, 0.25) is 0 Å². The molecule has 0 bridgehead atoms. The summed E-state index contributed by atoms with van der Waals surface area (Å²) in [4.78, 5) is 24.5. The number of methoxy groups -OCH3 is 2. The molecule has 1 saturated heterocycles. The van der Waals surface area contributed by atoms with Crippen LogP contribution in [0.3, 0.4) is 0 Å². The molecule has 1 aromatic heterocycles. The van der Waals surface area contributed by atoms with Crippen LogP contribution < -0.4 is 20.1 Å². The molecule has 0 saturated carbocycles. The van der Waals surface area contributed by atoms with Crippen LogP contribution >= 0.6 is 0 Å². The second kappa shape index (κ2) is 7.57. The minimum absolute atomic E-state index is 0.0616. The summed E-state index contributed by atoms with van der Waals surface area (Å²) in [7, 11) is 2.86. The number of benzene rings is 2. The molecule has 0 aliphatic carbocycles. The first-order chi connectivity index (χ1) is 14.8. The number of aromatic hydroxyl groups is 1. The normalized spacial score (nSPS) is 17.6. The van der Waals surface area contributed by atoms with E-state index < -0.39 is 23.3 Å². The van der Waals surface area contributed by atoms with Crippen molar-refractivity contribution >= 4 is 22.7 Å². The molecule has 0 spiro atoms. The molecule has 9 heteroatoms. The number of hydrogen-bond acceptors (Lipinski definition) is 5. The molecule has 0 radical (unpaired) electrons. The highest BCUT2D eigenvalue weighted by Gasteiger charge is 2.46. The van der Waals surface area contributed by atoms with E-state index >= 15 is 0 Å². The third-order valence-electron chi connectivity index (χ3n) is 4.99. The summed E-state index contributed by atoms with van der Waals surface area (Å²) in [6.07, 6.45) is 1.64. The fourth-order valence-electron chi connectivity index (χ4n) is 3.38. The fraction of sp³-hybridized carbons (Fsp3) is 0.182. The number of urea groups is 1. The van der Waals surface area contributed by atoms with E-state index in [0.29, 0.717) is 22.1 Å². The summed E-state index contributed by atoms with van der Waals surface area (Å²) in [6.45, 7) is -0.168. The Morgan fingerprint density at radius 3 is 2.61 bits per heavy atom. The average Bonchev–Trinajstić information content (AvgIpc) is 3.21. The lowest BCUT2D eigenvalue weighted by Gasteiger charge is -2.20. The highest BCUT2D eigenvalue weighted by molar-refractivity contribution is 6.09. The summed E-state index contributed by atoms with van der Waals surface area (Å²) in [5.74, 6) is 4.70. The van der Waals surface area contributed by atoms with Crippen LogP contribution in [-0.4, -0.2) is 41.4 Å². The Morgan fingerprint density at radius 2 is 1.97 bits per heavy atom. The van der Waals surface area contributed by atoms with Crippen molar-refractivity contribution in [3.63, 3.8) is 0 Å². The molecule has 0 unspecified atom stereocenters. The predicted molar refractivity (Wildman–Crippen MR) is 109 cm³/mol. The molecule has 1 aliphatic rings. The lowest BCUT2D eigenvalue weighted by molar-refractivity contribution is -0.122. The van der Waals surface area contributed by atoms with E-state index in [0.717, 1.165) is 0 Å². The van der Waals surface area contributed by atoms with Crippen molar-refractivity contribution < 1.29 is 28.6 Å². The number of aromatic nitrogens is 1. The van der Waals surface area contributed by atoms with Crippen molar-refractivity contribution in [2.75, 3.05) is 14.2 Å². The maximum absolute atomic E-state index is 14.0. The Balaban J connectivity index is 1.74. The Labute approximate surface area is 176 Å². The summed E-state index contributed by atoms with van der Waals surface area (Å²) in [6, 6.07) is 8.56. The molecule has 31 heavy (non-hydrogen) atoms. The van der Waals surface area contributed by atoms with Crippen LogP contribution in [-0.2, 0) is 11.3 Å². The monoisotopic (exact) mass is 423 g/mol. The van der Waals surface area contributed by atoms with Gasteiger partial charge in [-0.2, -0.15) is 0 Å². The van der Waals surface area contributed by atoms with Crippen LogP contribution in [0.1, 0.15) is 5.56 Å². The molecular formula is C22H18FN3O5. The van der Waals surface area contributed by atoms with Gasteiger partial charge in [0.15, 0.2) is 17.4 Å². The van der Waals surface area contributed by atoms with Gasteiger partial charge in [0.2, 0.25) is 5.54 Å². The van der Waals surface area contributed by atoms with Crippen molar-refractivity contribution in [1.29, 1.82) is 0 Å². The SMILES string of the molecule is COc1ccc2cn(C[C@@]3(C#Cc4ccc(OC)c(F)c4)NC(=O)NC3=O)c(O)c2c1. The van der Waals surface area contributed by atoms with Gasteiger partial charge in [0, 0.05) is 22.5 Å². The summed E-state index contributed by atoms with van der Waals surface area (Å²) in [5.41, 5.74) is -1.37. The minimum Gasteiger partial charge on any atom is -0.497 e. The number of imide groups is 1. The van der Waals surface area contributed by atoms with Crippen LogP contribution in [0.25, 0.3) is 10.8 Å². The fourth-order valence-corrected chi connectivity index (χ4v) is 3.38. The smallest absolute Gasteiger partial charge is 0.323 e. The Kier molecular flexibility index (Phi) is 4.91. The molecule has 2 aromatic carbocycles. The van der Waals surface area contributed by atoms with Gasteiger partial charge in [-0.1, -0.05) is 11.8 Å². The summed E-state index contributed by atoms with van der Waals surface area (Å²) in [5, 5.41) is 16.6. The van der Waals surface area contributed by atoms with Crippen LogP contribution in [0, 0.1) is 17.7 Å². The van der Waals surface area contributed by atoms with E-state index in [4.69, 9.17) is 9.47 Å². The van der Waals surface area contributed by atoms with Crippen molar-refractivity contribution in [3.05, 3.63) is 54.0 Å². The lowest BCUT2D eigenvalue weighted by atomic mass is 9.99. The van der Waals surface area contributed by atoms with Crippen LogP contribution in [0.4, 0.5) is 9.18 Å². The number of carbonyl (C=O) groups excluding carboxylic acids is 2. The van der Waals surface area contributed by atoms with Gasteiger partial charge in [0.05, 0.1) is 20.8 Å². The molecule has 3 N–H and O–H groups in total. The maximum Gasteiger partial charge on any atom is 0.323 e. The van der Waals surface area contributed by atoms with Crippen LogP contribution in [0.5, 0.6) is 17.4 Å². The zero-order valence-electron chi connectivity index (χ0n) is 16.7. The summed E-state index contributed by atoms with van der Waals surface area (Å²) < 4.78 is 25.5. The third kappa shape index (κ3) is 3.59. The number of ether oxygens (including phenoxy) is 2. The number of carbonyl (C=O) groups is 2. The second-order valence-corrected chi connectivity index (χ2v) is 6.95. The quantitative estimate of drug-likeness (QED) is 0.441. The van der Waals surface area contributed by atoms with Gasteiger partial charge in [-0.3, -0.25) is 10.1 Å². The zero-order valence-corrected chi connectivity index (χ0v) is 16.7. The van der Waals surface area contributed by atoms with Gasteiger partial charge in [-0.05, 0) is 36.4 Å². The number of nitrogens with one attached hydrogen (secondary N) is 2. The maximum atomic E-state index is 14.0. The largest absolute Gasteiger partial charge is 0.497 e. The first kappa shape index (κ1) is 20.1. The van der Waals surface area contributed by atoms with Gasteiger partial charge in [-0.25, -0.2) is 9.18 Å². The van der Waals surface area contributed by atoms with Crippen molar-refractivity contribution in [2.45, 2.75) is 12.1 Å². The number of halogens is 1. The predicted octanol–water partition coefficient (Wildman–Crippen LogP) is 2.13. The standard InChI is InChI=1S/C22H18FN3O5/c1-30-15-5-4-14-11-26(19(27)16(14)10-15)12-22(20(28)24-21(29)25-22)8-7-13-3-6-18(31-2)17(23)9-13/h3-6,9-11,27H,12H2,1-2H3,(H2,24,25,28,29)/t22-/m1/s1. The van der Waals surface area contributed by atoms with E-state index in [1.54, 1.807) is 24.4 Å². The molecule has 1 atom stereocenters. The number of nitrogens with zero attached hydrogens (tertiary/aromatic N) is 1. The first-order valence-electron chi connectivity index (χ1n) is 9.21. The molecule has 158 valence electrons. The molecule has 1 fully saturated rings. The molecule has 2 heterocycles. The van der Waals surface area contributed by atoms with Crippen molar-refractivity contribution in [2.24, 2.45) is 0 Å². The Morgan fingerprint density at radius 1 is 1.16 bits per heavy atom. The number of amides is 3. The number of hydrogen-bond donors (Lipinski definition) is 3. The Hall–Kier alpha value is -4.19. The minimum atomic E-state index is -1.66. The van der Waals surface area contributed by atoms with Gasteiger partial charge in [0.25, 0.3) is 5.91 Å². The highest BCUT2D eigenvalue weighted by Crippen LogP contribution is 2.32. The zero-order chi connectivity index (χ0) is 22.2. The van der Waals surface area contributed by atoms with E-state index in [1.807, 2.05) is 0 Å². The van der Waals surface area contributed by atoms with Gasteiger partial charge < -0.3 is 24.5 Å². The molecule has 4 rings (SSSR count). The molecule has 3 amide bonds. The number of fused-ring (bicyclic) bond motifs is 1. The third-order valence-corrected chi connectivity index (χ3v) is 4.99. The molecule has 1 aliphatic heterocycles. The first-order valence-corrected chi connectivity index (χ1v) is 9.21. The lowest BCUT2D eigenvalue weighted by Crippen LogP contribution is -2.49. The van der Waals surface area contributed by atoms with E-state index in [9.17, 15) is 19.1 Å². The Bertz CT molecular complexity index is 1270. The molecule has 8 nitrogen and oxygen atoms in total. The van der Waals surface area contributed by atoms with E-state index in [1.165, 1.54) is 37.0 Å². The van der Waals surface area contributed by atoms with Crippen molar-refractivity contribution in [3.8, 4) is 29.2 Å². The average molecular weight is 423 g/mol. The molecule has 3 aromatic rings. The van der Waals surface area contributed by atoms with E-state index in [2.05, 4.69) is 22.5 Å². The highest BCUT2D eigenvalue weighted by atomic mass is 19.1. The molecular weight excluding hydrogens is 405 g/mol. The van der Waals surface area contributed by atoms with Crippen LogP contribution in [0.15, 0.2) is 42.6 Å². The van der Waals surface area contributed by atoms with Gasteiger partial charge in [-0.15, -0.1) is 0 Å². The number of rotatable bonds is 4. The summed E-state index contributed by atoms with van der Waals surface area (Å²) >= 11 is 0. The van der Waals surface area contributed by atoms with E-state index in [-0.39, 0.29) is 18.2 Å².